The molecule has 0 aromatic carbocycles. The van der Waals surface area contributed by atoms with Crippen molar-refractivity contribution in [3.8, 4) is 0 Å². The number of aliphatic hydroxyl groups is 1. The van der Waals surface area contributed by atoms with Crippen LogP contribution in [0.1, 0.15) is 149 Å². The third-order valence-electron chi connectivity index (χ3n) is 5.92. The highest BCUT2D eigenvalue weighted by atomic mass is 16.5. The molecule has 0 amide bonds. The lowest BCUT2D eigenvalue weighted by Crippen LogP contribution is -2.14. The lowest BCUT2D eigenvalue weighted by molar-refractivity contribution is 0.0345. The van der Waals surface area contributed by atoms with E-state index in [9.17, 15) is 0 Å². The molecule has 0 aliphatic rings. The summed E-state index contributed by atoms with van der Waals surface area (Å²) in [5, 5.41) is 8.87. The lowest BCUT2D eigenvalue weighted by Gasteiger charge is -2.17. The van der Waals surface area contributed by atoms with Gasteiger partial charge in [-0.15, -0.1) is 0 Å². The minimum Gasteiger partial charge on any atom is -0.396 e. The fourth-order valence-corrected chi connectivity index (χ4v) is 3.95. The van der Waals surface area contributed by atoms with Crippen LogP contribution in [-0.4, -0.2) is 24.4 Å². The van der Waals surface area contributed by atoms with E-state index in [1.165, 1.54) is 122 Å². The smallest absolute Gasteiger partial charge is 0.0575 e. The molecule has 0 bridgehead atoms. The molecule has 1 atom stereocenters. The molecule has 170 valence electrons. The van der Waals surface area contributed by atoms with E-state index in [1.54, 1.807) is 0 Å². The van der Waals surface area contributed by atoms with Gasteiger partial charge < -0.3 is 9.84 Å². The Balaban J connectivity index is 3.35. The first-order valence-corrected chi connectivity index (χ1v) is 13.1. The Morgan fingerprint density at radius 1 is 0.500 bits per heavy atom. The molecule has 1 unspecified atom stereocenters. The van der Waals surface area contributed by atoms with Gasteiger partial charge in [0, 0.05) is 13.2 Å². The van der Waals surface area contributed by atoms with Gasteiger partial charge in [-0.2, -0.15) is 0 Å². The molecule has 0 aromatic rings. The third kappa shape index (κ3) is 22.2. The summed E-state index contributed by atoms with van der Waals surface area (Å²) in [6.07, 6.45) is 28.7. The predicted octanol–water partition coefficient (Wildman–Crippen LogP) is 8.60. The summed E-state index contributed by atoms with van der Waals surface area (Å²) in [6, 6.07) is 0. The van der Waals surface area contributed by atoms with Crippen LogP contribution in [0.3, 0.4) is 0 Å². The van der Waals surface area contributed by atoms with Crippen molar-refractivity contribution in [2.24, 2.45) is 0 Å². The van der Waals surface area contributed by atoms with Crippen LogP contribution < -0.4 is 0 Å². The first kappa shape index (κ1) is 27.9. The Bertz CT molecular complexity index is 267. The summed E-state index contributed by atoms with van der Waals surface area (Å²) in [5.74, 6) is 0. The van der Waals surface area contributed by atoms with E-state index < -0.39 is 0 Å². The SMILES string of the molecule is CCCCCCCCCCCCCCCCCC(CCCC)OCCCCO. The molecule has 0 aromatic heterocycles. The first-order chi connectivity index (χ1) is 13.8. The zero-order valence-corrected chi connectivity index (χ0v) is 19.7. The molecular weight excluding hydrogens is 344 g/mol. The average molecular weight is 399 g/mol. The summed E-state index contributed by atoms with van der Waals surface area (Å²) in [4.78, 5) is 0. The summed E-state index contributed by atoms with van der Waals surface area (Å²) in [6.45, 7) is 5.67. The lowest BCUT2D eigenvalue weighted by atomic mass is 10.0. The largest absolute Gasteiger partial charge is 0.396 e. The number of aliphatic hydroxyl groups excluding tert-OH is 1. The molecular formula is C26H54O2. The standard InChI is InChI=1S/C26H54O2/c1-3-5-7-8-9-10-11-12-13-14-15-16-17-18-19-23-26(22-6-4-2)28-25-21-20-24-27/h26-27H,3-25H2,1-2H3. The van der Waals surface area contributed by atoms with Gasteiger partial charge in [0.2, 0.25) is 0 Å². The molecule has 0 spiro atoms. The van der Waals surface area contributed by atoms with Crippen molar-refractivity contribution in [3.05, 3.63) is 0 Å². The van der Waals surface area contributed by atoms with Crippen LogP contribution in [0.15, 0.2) is 0 Å². The van der Waals surface area contributed by atoms with E-state index in [1.807, 2.05) is 0 Å². The van der Waals surface area contributed by atoms with Crippen LogP contribution in [-0.2, 0) is 4.74 Å². The molecule has 0 saturated heterocycles. The summed E-state index contributed by atoms with van der Waals surface area (Å²) < 4.78 is 6.05. The normalized spacial score (nSPS) is 12.5. The average Bonchev–Trinajstić information content (AvgIpc) is 2.71. The second kappa shape index (κ2) is 25.0. The predicted molar refractivity (Wildman–Crippen MR) is 125 cm³/mol. The van der Waals surface area contributed by atoms with Gasteiger partial charge in [0.1, 0.15) is 0 Å². The van der Waals surface area contributed by atoms with E-state index in [4.69, 9.17) is 9.84 Å². The first-order valence-electron chi connectivity index (χ1n) is 13.1. The molecule has 0 fully saturated rings. The molecule has 28 heavy (non-hydrogen) atoms. The van der Waals surface area contributed by atoms with Crippen LogP contribution in [0.2, 0.25) is 0 Å². The maximum absolute atomic E-state index is 8.87. The zero-order chi connectivity index (χ0) is 20.5. The van der Waals surface area contributed by atoms with Crippen LogP contribution in [0.4, 0.5) is 0 Å². The Labute approximate surface area is 178 Å². The van der Waals surface area contributed by atoms with Gasteiger partial charge in [-0.1, -0.05) is 123 Å². The highest BCUT2D eigenvalue weighted by Crippen LogP contribution is 2.17. The van der Waals surface area contributed by atoms with Gasteiger partial charge >= 0.3 is 0 Å². The van der Waals surface area contributed by atoms with Crippen molar-refractivity contribution in [2.45, 2.75) is 155 Å². The summed E-state index contributed by atoms with van der Waals surface area (Å²) in [5.41, 5.74) is 0. The van der Waals surface area contributed by atoms with Gasteiger partial charge in [0.05, 0.1) is 6.10 Å². The van der Waals surface area contributed by atoms with Crippen molar-refractivity contribution >= 4 is 0 Å². The fourth-order valence-electron chi connectivity index (χ4n) is 3.95. The van der Waals surface area contributed by atoms with Crippen molar-refractivity contribution in [2.75, 3.05) is 13.2 Å². The van der Waals surface area contributed by atoms with Crippen molar-refractivity contribution in [1.82, 2.24) is 0 Å². The van der Waals surface area contributed by atoms with Crippen LogP contribution in [0, 0.1) is 0 Å². The summed E-state index contributed by atoms with van der Waals surface area (Å²) >= 11 is 0. The van der Waals surface area contributed by atoms with Gasteiger partial charge in [-0.25, -0.2) is 0 Å². The second-order valence-electron chi connectivity index (χ2n) is 8.80. The van der Waals surface area contributed by atoms with Gasteiger partial charge in [0.15, 0.2) is 0 Å². The molecule has 0 saturated carbocycles. The highest BCUT2D eigenvalue weighted by molar-refractivity contribution is 4.60. The number of hydrogen-bond acceptors (Lipinski definition) is 2. The van der Waals surface area contributed by atoms with E-state index in [0.717, 1.165) is 19.4 Å². The number of ether oxygens (including phenoxy) is 1. The molecule has 1 N–H and O–H groups in total. The topological polar surface area (TPSA) is 29.5 Å². The minimum absolute atomic E-state index is 0.294. The van der Waals surface area contributed by atoms with Gasteiger partial charge in [0.25, 0.3) is 0 Å². The van der Waals surface area contributed by atoms with Gasteiger partial charge in [-0.05, 0) is 25.7 Å². The number of unbranched alkanes of at least 4 members (excludes halogenated alkanes) is 16. The van der Waals surface area contributed by atoms with E-state index in [0.29, 0.717) is 12.7 Å². The van der Waals surface area contributed by atoms with Crippen molar-refractivity contribution < 1.29 is 9.84 Å². The highest BCUT2D eigenvalue weighted by Gasteiger charge is 2.08. The van der Waals surface area contributed by atoms with Crippen LogP contribution >= 0.6 is 0 Å². The molecule has 0 aliphatic heterocycles. The maximum atomic E-state index is 8.87. The number of rotatable bonds is 24. The van der Waals surface area contributed by atoms with Crippen LogP contribution in [0.25, 0.3) is 0 Å². The monoisotopic (exact) mass is 398 g/mol. The Kier molecular flexibility index (Phi) is 24.9. The van der Waals surface area contributed by atoms with Gasteiger partial charge in [-0.3, -0.25) is 0 Å². The molecule has 2 heteroatoms. The van der Waals surface area contributed by atoms with E-state index >= 15 is 0 Å². The van der Waals surface area contributed by atoms with Crippen molar-refractivity contribution in [3.63, 3.8) is 0 Å². The maximum Gasteiger partial charge on any atom is 0.0575 e. The van der Waals surface area contributed by atoms with Crippen molar-refractivity contribution in [1.29, 1.82) is 0 Å². The Morgan fingerprint density at radius 3 is 1.39 bits per heavy atom. The fraction of sp³-hybridized carbons (Fsp3) is 1.00. The minimum atomic E-state index is 0.294. The zero-order valence-electron chi connectivity index (χ0n) is 19.7. The van der Waals surface area contributed by atoms with E-state index in [2.05, 4.69) is 13.8 Å². The van der Waals surface area contributed by atoms with Crippen LogP contribution in [0.5, 0.6) is 0 Å². The van der Waals surface area contributed by atoms with E-state index in [-0.39, 0.29) is 0 Å². The summed E-state index contributed by atoms with van der Waals surface area (Å²) in [7, 11) is 0. The second-order valence-corrected chi connectivity index (χ2v) is 8.80. The quantitative estimate of drug-likeness (QED) is 0.165. The molecule has 0 radical (unpaired) electrons. The number of hydrogen-bond donors (Lipinski definition) is 1. The molecule has 2 nitrogen and oxygen atoms in total. The third-order valence-corrected chi connectivity index (χ3v) is 5.92. The molecule has 0 heterocycles. The molecule has 0 aliphatic carbocycles. The Hall–Kier alpha value is -0.0800. The molecule has 0 rings (SSSR count). The Morgan fingerprint density at radius 2 is 0.929 bits per heavy atom.